The molecule has 2 aromatic rings. The Balaban J connectivity index is 1.56. The second-order valence-corrected chi connectivity index (χ2v) is 7.72. The minimum Gasteiger partial charge on any atom is -0.495 e. The highest BCUT2D eigenvalue weighted by Crippen LogP contribution is 2.24. The Labute approximate surface area is 178 Å². The molecule has 4 rings (SSSR count). The molecule has 2 aliphatic rings. The number of urea groups is 1. The van der Waals surface area contributed by atoms with Gasteiger partial charge in [0.2, 0.25) is 0 Å². The molecule has 1 aliphatic heterocycles. The molecule has 0 spiro atoms. The maximum atomic E-state index is 13.1. The molecule has 8 heteroatoms. The van der Waals surface area contributed by atoms with E-state index >= 15 is 0 Å². The van der Waals surface area contributed by atoms with E-state index in [0.717, 1.165) is 4.88 Å². The minimum atomic E-state index is -0.438. The SMILES string of the molecule is COc1ccccc1NC(=O)N(CC1=NC(=O)C2C=CC=CC2=N1)Cc1cccs1. The van der Waals surface area contributed by atoms with Crippen molar-refractivity contribution in [1.82, 2.24) is 4.90 Å². The Kier molecular flexibility index (Phi) is 5.85. The lowest BCUT2D eigenvalue weighted by molar-refractivity contribution is -0.118. The molecule has 2 heterocycles. The fourth-order valence-corrected chi connectivity index (χ4v) is 3.91. The van der Waals surface area contributed by atoms with Crippen molar-refractivity contribution in [1.29, 1.82) is 0 Å². The Morgan fingerprint density at radius 2 is 2.03 bits per heavy atom. The molecule has 152 valence electrons. The molecule has 1 aliphatic carbocycles. The molecule has 1 aromatic heterocycles. The fourth-order valence-electron chi connectivity index (χ4n) is 3.19. The van der Waals surface area contributed by atoms with E-state index in [-0.39, 0.29) is 18.5 Å². The summed E-state index contributed by atoms with van der Waals surface area (Å²) in [5, 5.41) is 4.84. The molecule has 7 nitrogen and oxygen atoms in total. The highest BCUT2D eigenvalue weighted by molar-refractivity contribution is 7.09. The number of hydrogen-bond acceptors (Lipinski definition) is 5. The number of carbonyl (C=O) groups is 2. The fraction of sp³-hybridized carbons (Fsp3) is 0.182. The monoisotopic (exact) mass is 420 g/mol. The first-order chi connectivity index (χ1) is 14.6. The zero-order valence-corrected chi connectivity index (χ0v) is 17.1. The standard InChI is InChI=1S/C22H20N4O3S/c1-29-19-11-5-4-10-18(19)24-22(28)26(13-15-7-6-12-30-15)14-20-23-17-9-3-2-8-16(17)21(27)25-20/h2-12,16H,13-14H2,1H3,(H,24,28). The summed E-state index contributed by atoms with van der Waals surface area (Å²) in [6.07, 6.45) is 7.23. The summed E-state index contributed by atoms with van der Waals surface area (Å²) in [5.41, 5.74) is 1.21. The number of hydrogen-bond donors (Lipinski definition) is 1. The number of rotatable bonds is 6. The van der Waals surface area contributed by atoms with Crippen molar-refractivity contribution in [2.75, 3.05) is 19.0 Å². The number of nitrogens with one attached hydrogen (secondary N) is 1. The summed E-state index contributed by atoms with van der Waals surface area (Å²) in [7, 11) is 1.55. The van der Waals surface area contributed by atoms with E-state index in [2.05, 4.69) is 15.3 Å². The van der Waals surface area contributed by atoms with Gasteiger partial charge in [0, 0.05) is 4.88 Å². The number of amides is 3. The van der Waals surface area contributed by atoms with E-state index < -0.39 is 5.92 Å². The topological polar surface area (TPSA) is 83.4 Å². The minimum absolute atomic E-state index is 0.110. The van der Waals surface area contributed by atoms with Crippen LogP contribution in [0.1, 0.15) is 4.88 Å². The molecule has 0 radical (unpaired) electrons. The van der Waals surface area contributed by atoms with Gasteiger partial charge in [-0.1, -0.05) is 36.4 Å². The number of benzene rings is 1. The summed E-state index contributed by atoms with van der Waals surface area (Å²) in [4.78, 5) is 36.7. The number of aliphatic imine (C=N–C) groups is 2. The van der Waals surface area contributed by atoms with Crippen LogP contribution in [0.2, 0.25) is 0 Å². The van der Waals surface area contributed by atoms with Crippen LogP contribution in [0, 0.1) is 5.92 Å². The number of ether oxygens (including phenoxy) is 1. The number of methoxy groups -OCH3 is 1. The molecule has 1 aromatic carbocycles. The van der Waals surface area contributed by atoms with Gasteiger partial charge in [-0.3, -0.25) is 4.79 Å². The van der Waals surface area contributed by atoms with Crippen LogP contribution >= 0.6 is 11.3 Å². The van der Waals surface area contributed by atoms with E-state index in [4.69, 9.17) is 4.74 Å². The number of para-hydroxylation sites is 2. The molecule has 1 N–H and O–H groups in total. The molecule has 1 atom stereocenters. The lowest BCUT2D eigenvalue weighted by atomic mass is 9.96. The van der Waals surface area contributed by atoms with Gasteiger partial charge in [-0.05, 0) is 29.7 Å². The molecule has 0 saturated carbocycles. The average Bonchev–Trinajstić information content (AvgIpc) is 3.27. The maximum Gasteiger partial charge on any atom is 0.322 e. The number of fused-ring (bicyclic) bond motifs is 1. The van der Waals surface area contributed by atoms with Crippen LogP contribution < -0.4 is 10.1 Å². The van der Waals surface area contributed by atoms with E-state index in [1.54, 1.807) is 47.6 Å². The maximum absolute atomic E-state index is 13.1. The lowest BCUT2D eigenvalue weighted by Crippen LogP contribution is -2.39. The molecular formula is C22H20N4O3S. The first-order valence-electron chi connectivity index (χ1n) is 9.40. The number of nitrogens with zero attached hydrogens (tertiary/aromatic N) is 3. The van der Waals surface area contributed by atoms with Crippen molar-refractivity contribution in [2.24, 2.45) is 15.9 Å². The highest BCUT2D eigenvalue weighted by Gasteiger charge is 2.28. The van der Waals surface area contributed by atoms with Crippen LogP contribution in [-0.4, -0.2) is 42.0 Å². The van der Waals surface area contributed by atoms with E-state index in [0.29, 0.717) is 29.5 Å². The summed E-state index contributed by atoms with van der Waals surface area (Å²) in [5.74, 6) is 0.177. The van der Waals surface area contributed by atoms with Crippen molar-refractivity contribution in [3.8, 4) is 5.75 Å². The number of carbonyl (C=O) groups excluding carboxylic acids is 2. The second-order valence-electron chi connectivity index (χ2n) is 6.69. The third kappa shape index (κ3) is 4.38. The molecule has 3 amide bonds. The van der Waals surface area contributed by atoms with E-state index in [1.165, 1.54) is 0 Å². The van der Waals surface area contributed by atoms with E-state index in [1.807, 2.05) is 41.8 Å². The predicted molar refractivity (Wildman–Crippen MR) is 118 cm³/mol. The van der Waals surface area contributed by atoms with Gasteiger partial charge < -0.3 is 15.0 Å². The summed E-state index contributed by atoms with van der Waals surface area (Å²) < 4.78 is 5.32. The third-order valence-corrected chi connectivity index (χ3v) is 5.52. The third-order valence-electron chi connectivity index (χ3n) is 4.66. The van der Waals surface area contributed by atoms with Crippen molar-refractivity contribution in [3.05, 3.63) is 71.0 Å². The van der Waals surface area contributed by atoms with Crippen molar-refractivity contribution < 1.29 is 14.3 Å². The predicted octanol–water partition coefficient (Wildman–Crippen LogP) is 3.91. The van der Waals surface area contributed by atoms with Crippen molar-refractivity contribution in [2.45, 2.75) is 6.54 Å². The molecule has 30 heavy (non-hydrogen) atoms. The van der Waals surface area contributed by atoms with Gasteiger partial charge >= 0.3 is 6.03 Å². The number of amidine groups is 1. The summed E-state index contributed by atoms with van der Waals surface area (Å²) >= 11 is 1.55. The first kappa shape index (κ1) is 19.8. The molecule has 1 unspecified atom stereocenters. The van der Waals surface area contributed by atoms with Crippen LogP contribution in [-0.2, 0) is 11.3 Å². The Bertz CT molecular complexity index is 1070. The van der Waals surface area contributed by atoms with Gasteiger partial charge in [0.05, 0.1) is 31.6 Å². The first-order valence-corrected chi connectivity index (χ1v) is 10.3. The van der Waals surface area contributed by atoms with E-state index in [9.17, 15) is 9.59 Å². The van der Waals surface area contributed by atoms with Crippen molar-refractivity contribution in [3.63, 3.8) is 0 Å². The number of thiophene rings is 1. The van der Waals surface area contributed by atoms with Crippen LogP contribution in [0.4, 0.5) is 10.5 Å². The number of allylic oxidation sites excluding steroid dienone is 3. The number of anilines is 1. The molecular weight excluding hydrogens is 400 g/mol. The van der Waals surface area contributed by atoms with Gasteiger partial charge in [-0.15, -0.1) is 11.3 Å². The summed E-state index contributed by atoms with van der Waals surface area (Å²) in [6.45, 7) is 0.480. The quantitative estimate of drug-likeness (QED) is 0.769. The normalized spacial score (nSPS) is 17.1. The molecule has 0 bridgehead atoms. The van der Waals surface area contributed by atoms with Crippen LogP contribution in [0.5, 0.6) is 5.75 Å². The smallest absolute Gasteiger partial charge is 0.322 e. The summed E-state index contributed by atoms with van der Waals surface area (Å²) in [6, 6.07) is 10.8. The second kappa shape index (κ2) is 8.87. The zero-order valence-electron chi connectivity index (χ0n) is 16.3. The zero-order chi connectivity index (χ0) is 20.9. The van der Waals surface area contributed by atoms with Crippen molar-refractivity contribution >= 4 is 40.5 Å². The largest absolute Gasteiger partial charge is 0.495 e. The van der Waals surface area contributed by atoms with Crippen LogP contribution in [0.3, 0.4) is 0 Å². The highest BCUT2D eigenvalue weighted by atomic mass is 32.1. The van der Waals surface area contributed by atoms with Gasteiger partial charge in [0.15, 0.2) is 5.84 Å². The lowest BCUT2D eigenvalue weighted by Gasteiger charge is -2.25. The van der Waals surface area contributed by atoms with Gasteiger partial charge in [-0.2, -0.15) is 4.99 Å². The molecule has 0 saturated heterocycles. The van der Waals surface area contributed by atoms with Gasteiger partial charge in [0.1, 0.15) is 11.7 Å². The Morgan fingerprint density at radius 1 is 1.17 bits per heavy atom. The average molecular weight is 420 g/mol. The van der Waals surface area contributed by atoms with Crippen LogP contribution in [0.15, 0.2) is 76.1 Å². The van der Waals surface area contributed by atoms with Gasteiger partial charge in [-0.25, -0.2) is 9.79 Å². The van der Waals surface area contributed by atoms with Crippen LogP contribution in [0.25, 0.3) is 0 Å². The van der Waals surface area contributed by atoms with Gasteiger partial charge in [0.25, 0.3) is 5.91 Å². The Morgan fingerprint density at radius 3 is 2.83 bits per heavy atom. The Hall–Kier alpha value is -3.52. The molecule has 0 fully saturated rings.